The van der Waals surface area contributed by atoms with Crippen LogP contribution in [0.5, 0.6) is 0 Å². The van der Waals surface area contributed by atoms with Gasteiger partial charge in [-0.15, -0.1) is 0 Å². The minimum absolute atomic E-state index is 0.177. The van der Waals surface area contributed by atoms with Gasteiger partial charge >= 0.3 is 0 Å². The van der Waals surface area contributed by atoms with E-state index in [-0.39, 0.29) is 17.9 Å². The zero-order valence-electron chi connectivity index (χ0n) is 13.9. The summed E-state index contributed by atoms with van der Waals surface area (Å²) in [5.74, 6) is 1.03. The fourth-order valence-corrected chi connectivity index (χ4v) is 3.17. The standard InChI is InChI=1S/C17H19N5O3/c1-10-20-17(25-22-10)15(11-4-6-24-7-5-11)21-16(23)12-2-3-13-14(8-12)19-9-18-13/h2-3,8-9,11,15H,4-7H2,1H3,(H,18,19)(H,21,23). The van der Waals surface area contributed by atoms with Crippen molar-refractivity contribution >= 4 is 16.9 Å². The summed E-state index contributed by atoms with van der Waals surface area (Å²) in [5, 5.41) is 6.93. The monoisotopic (exact) mass is 341 g/mol. The third kappa shape index (κ3) is 3.25. The van der Waals surface area contributed by atoms with Crippen LogP contribution in [0.2, 0.25) is 0 Å². The maximum Gasteiger partial charge on any atom is 0.252 e. The number of nitrogens with one attached hydrogen (secondary N) is 2. The molecule has 0 bridgehead atoms. The van der Waals surface area contributed by atoms with E-state index in [0.29, 0.717) is 30.5 Å². The maximum absolute atomic E-state index is 12.8. The van der Waals surface area contributed by atoms with Crippen molar-refractivity contribution in [3.8, 4) is 0 Å². The van der Waals surface area contributed by atoms with Gasteiger partial charge in [0, 0.05) is 18.8 Å². The molecular weight excluding hydrogens is 322 g/mol. The molecular formula is C17H19N5O3. The number of ether oxygens (including phenoxy) is 1. The van der Waals surface area contributed by atoms with Gasteiger partial charge in [0.05, 0.1) is 17.4 Å². The number of carbonyl (C=O) groups excluding carboxylic acids is 1. The normalized spacial score (nSPS) is 16.8. The number of nitrogens with zero attached hydrogens (tertiary/aromatic N) is 3. The van der Waals surface area contributed by atoms with Crippen LogP contribution in [0, 0.1) is 12.8 Å². The summed E-state index contributed by atoms with van der Waals surface area (Å²) in [6.45, 7) is 3.11. The molecule has 1 aliphatic heterocycles. The van der Waals surface area contributed by atoms with Crippen molar-refractivity contribution in [2.45, 2.75) is 25.8 Å². The molecule has 130 valence electrons. The molecule has 8 heteroatoms. The third-order valence-electron chi connectivity index (χ3n) is 4.52. The molecule has 1 amide bonds. The van der Waals surface area contributed by atoms with E-state index in [1.807, 2.05) is 6.07 Å². The van der Waals surface area contributed by atoms with Crippen LogP contribution in [0.15, 0.2) is 29.0 Å². The van der Waals surface area contributed by atoms with Gasteiger partial charge in [0.15, 0.2) is 5.82 Å². The van der Waals surface area contributed by atoms with Gasteiger partial charge in [0.25, 0.3) is 5.91 Å². The van der Waals surface area contributed by atoms with Gasteiger partial charge in [-0.1, -0.05) is 5.16 Å². The number of aromatic amines is 1. The smallest absolute Gasteiger partial charge is 0.252 e. The van der Waals surface area contributed by atoms with E-state index in [9.17, 15) is 4.79 Å². The summed E-state index contributed by atoms with van der Waals surface area (Å²) in [5.41, 5.74) is 2.21. The zero-order valence-corrected chi connectivity index (χ0v) is 13.9. The Kier molecular flexibility index (Phi) is 4.19. The lowest BCUT2D eigenvalue weighted by Crippen LogP contribution is -2.36. The second-order valence-corrected chi connectivity index (χ2v) is 6.22. The lowest BCUT2D eigenvalue weighted by atomic mass is 9.91. The number of imidazole rings is 1. The van der Waals surface area contributed by atoms with Crippen LogP contribution < -0.4 is 5.32 Å². The molecule has 0 aliphatic carbocycles. The van der Waals surface area contributed by atoms with E-state index in [1.54, 1.807) is 25.4 Å². The van der Waals surface area contributed by atoms with E-state index >= 15 is 0 Å². The van der Waals surface area contributed by atoms with Crippen LogP contribution in [-0.4, -0.2) is 39.2 Å². The van der Waals surface area contributed by atoms with Crippen molar-refractivity contribution in [1.29, 1.82) is 0 Å². The number of H-pyrrole nitrogens is 1. The van der Waals surface area contributed by atoms with Gasteiger partial charge in [0.1, 0.15) is 6.04 Å². The number of hydrogen-bond donors (Lipinski definition) is 2. The Hall–Kier alpha value is -2.74. The average Bonchev–Trinajstić information content (AvgIpc) is 3.28. The Balaban J connectivity index is 1.59. The highest BCUT2D eigenvalue weighted by Crippen LogP contribution is 2.29. The molecule has 1 unspecified atom stereocenters. The Morgan fingerprint density at radius 2 is 2.20 bits per heavy atom. The van der Waals surface area contributed by atoms with Crippen LogP contribution in [0.1, 0.15) is 41.0 Å². The van der Waals surface area contributed by atoms with Crippen LogP contribution >= 0.6 is 0 Å². The summed E-state index contributed by atoms with van der Waals surface area (Å²) in [6.07, 6.45) is 3.29. The molecule has 3 aromatic rings. The second-order valence-electron chi connectivity index (χ2n) is 6.22. The number of aryl methyl sites for hydroxylation is 1. The van der Waals surface area contributed by atoms with Gasteiger partial charge < -0.3 is 19.6 Å². The highest BCUT2D eigenvalue weighted by atomic mass is 16.5. The van der Waals surface area contributed by atoms with E-state index < -0.39 is 0 Å². The molecule has 25 heavy (non-hydrogen) atoms. The molecule has 8 nitrogen and oxygen atoms in total. The first kappa shape index (κ1) is 15.8. The van der Waals surface area contributed by atoms with E-state index in [2.05, 4.69) is 25.4 Å². The third-order valence-corrected chi connectivity index (χ3v) is 4.52. The summed E-state index contributed by atoms with van der Waals surface area (Å²) in [4.78, 5) is 24.3. The first-order valence-corrected chi connectivity index (χ1v) is 8.32. The summed E-state index contributed by atoms with van der Waals surface area (Å²) >= 11 is 0. The summed E-state index contributed by atoms with van der Waals surface area (Å²) in [7, 11) is 0. The SMILES string of the molecule is Cc1noc(C(NC(=O)c2ccc3nc[nH]c3c2)C2CCOCC2)n1. The quantitative estimate of drug-likeness (QED) is 0.753. The molecule has 1 aromatic carbocycles. The Bertz CT molecular complexity index is 881. The molecule has 3 heterocycles. The van der Waals surface area contributed by atoms with E-state index in [0.717, 1.165) is 23.9 Å². The second kappa shape index (κ2) is 6.64. The summed E-state index contributed by atoms with van der Waals surface area (Å²) < 4.78 is 10.8. The first-order chi connectivity index (χ1) is 12.2. The Morgan fingerprint density at radius 1 is 1.36 bits per heavy atom. The molecule has 1 fully saturated rings. The molecule has 0 spiro atoms. The van der Waals surface area contributed by atoms with Gasteiger partial charge in [0.2, 0.25) is 5.89 Å². The topological polar surface area (TPSA) is 106 Å². The van der Waals surface area contributed by atoms with Crippen molar-refractivity contribution in [2.75, 3.05) is 13.2 Å². The van der Waals surface area contributed by atoms with Crippen LogP contribution in [0.3, 0.4) is 0 Å². The maximum atomic E-state index is 12.8. The molecule has 1 saturated heterocycles. The number of carbonyl (C=O) groups is 1. The lowest BCUT2D eigenvalue weighted by molar-refractivity contribution is 0.0468. The average molecular weight is 341 g/mol. The minimum atomic E-state index is -0.324. The fourth-order valence-electron chi connectivity index (χ4n) is 3.17. The number of rotatable bonds is 4. The lowest BCUT2D eigenvalue weighted by Gasteiger charge is -2.28. The number of amides is 1. The zero-order chi connectivity index (χ0) is 17.2. The van der Waals surface area contributed by atoms with Crippen molar-refractivity contribution in [2.24, 2.45) is 5.92 Å². The highest BCUT2D eigenvalue weighted by Gasteiger charge is 2.31. The number of fused-ring (bicyclic) bond motifs is 1. The predicted molar refractivity (Wildman–Crippen MR) is 88.9 cm³/mol. The van der Waals surface area contributed by atoms with Gasteiger partial charge in [-0.3, -0.25) is 4.79 Å². The largest absolute Gasteiger partial charge is 0.381 e. The number of benzene rings is 1. The van der Waals surface area contributed by atoms with Gasteiger partial charge in [-0.25, -0.2) is 4.98 Å². The Labute approximate surface area is 144 Å². The molecule has 1 atom stereocenters. The van der Waals surface area contributed by atoms with Crippen molar-refractivity contribution in [3.63, 3.8) is 0 Å². The van der Waals surface area contributed by atoms with Crippen molar-refractivity contribution in [1.82, 2.24) is 25.4 Å². The Morgan fingerprint density at radius 3 is 2.96 bits per heavy atom. The number of aromatic nitrogens is 4. The predicted octanol–water partition coefficient (Wildman–Crippen LogP) is 2.15. The fraction of sp³-hybridized carbons (Fsp3) is 0.412. The van der Waals surface area contributed by atoms with Crippen LogP contribution in [0.4, 0.5) is 0 Å². The van der Waals surface area contributed by atoms with E-state index in [1.165, 1.54) is 0 Å². The van der Waals surface area contributed by atoms with E-state index in [4.69, 9.17) is 9.26 Å². The molecule has 1 aliphatic rings. The molecule has 0 radical (unpaired) electrons. The first-order valence-electron chi connectivity index (χ1n) is 8.32. The van der Waals surface area contributed by atoms with Crippen LogP contribution in [0.25, 0.3) is 11.0 Å². The molecule has 2 aromatic heterocycles. The van der Waals surface area contributed by atoms with Crippen molar-refractivity contribution < 1.29 is 14.1 Å². The van der Waals surface area contributed by atoms with Crippen molar-refractivity contribution in [3.05, 3.63) is 41.8 Å². The molecule has 0 saturated carbocycles. The minimum Gasteiger partial charge on any atom is -0.381 e. The highest BCUT2D eigenvalue weighted by molar-refractivity contribution is 5.97. The van der Waals surface area contributed by atoms with Gasteiger partial charge in [-0.2, -0.15) is 4.98 Å². The van der Waals surface area contributed by atoms with Crippen LogP contribution in [-0.2, 0) is 4.74 Å². The molecule has 4 rings (SSSR count). The molecule has 2 N–H and O–H groups in total. The number of hydrogen-bond acceptors (Lipinski definition) is 6. The summed E-state index contributed by atoms with van der Waals surface area (Å²) in [6, 6.07) is 5.05. The van der Waals surface area contributed by atoms with Gasteiger partial charge in [-0.05, 0) is 43.9 Å².